The summed E-state index contributed by atoms with van der Waals surface area (Å²) in [4.78, 5) is 42.6. The van der Waals surface area contributed by atoms with Crippen molar-refractivity contribution in [3.8, 4) is 0 Å². The number of nitrogens with one attached hydrogen (secondary N) is 1. The fourth-order valence-electron chi connectivity index (χ4n) is 5.23. The van der Waals surface area contributed by atoms with Crippen LogP contribution in [0.2, 0.25) is 0 Å². The number of hydrogen-bond donors (Lipinski definition) is 1. The maximum Gasteiger partial charge on any atom is 0.411 e. The first-order chi connectivity index (χ1) is 18.9. The third-order valence-corrected chi connectivity index (χ3v) is 9.25. The number of nitrogens with zero attached hydrogens (tertiary/aromatic N) is 2. The van der Waals surface area contributed by atoms with E-state index in [1.807, 2.05) is 64.0 Å². The van der Waals surface area contributed by atoms with E-state index in [0.29, 0.717) is 19.4 Å². The molecule has 0 saturated carbocycles. The quantitative estimate of drug-likeness (QED) is 0.304. The van der Waals surface area contributed by atoms with Gasteiger partial charge in [0.05, 0.1) is 24.1 Å². The van der Waals surface area contributed by atoms with Crippen LogP contribution >= 0.6 is 23.5 Å². The molecule has 1 aromatic carbocycles. The van der Waals surface area contributed by atoms with E-state index in [2.05, 4.69) is 34.5 Å². The molecule has 10 heteroatoms. The van der Waals surface area contributed by atoms with Gasteiger partial charge >= 0.3 is 12.1 Å². The Hall–Kier alpha value is -2.17. The maximum absolute atomic E-state index is 13.5. The molecule has 1 aromatic rings. The number of amides is 2. The predicted octanol–water partition coefficient (Wildman–Crippen LogP) is 4.90. The van der Waals surface area contributed by atoms with Gasteiger partial charge in [-0.3, -0.25) is 14.6 Å². The lowest BCUT2D eigenvalue weighted by atomic mass is 9.96. The molecule has 2 heterocycles. The van der Waals surface area contributed by atoms with E-state index >= 15 is 0 Å². The minimum absolute atomic E-state index is 0.107. The number of carbonyl (C=O) groups is 3. The summed E-state index contributed by atoms with van der Waals surface area (Å²) in [6.45, 7) is 11.0. The standard InChI is InChI=1S/C30H45N3O5S2/c1-29(2,3)38-28(36)33-23(20-40-30(33,4)5)14-11-16-32-19-22(21-12-9-8-10-13-21)18-25(32)26(34)31-24(15-17-39-7)27(35)37-6/h8-14,22-25H,15-20H2,1-7H3,(H,31,34)/b14-11+/t22-,23+,24-,25-/m0/s1. The van der Waals surface area contributed by atoms with Crippen molar-refractivity contribution >= 4 is 41.5 Å². The number of methoxy groups -OCH3 is 1. The lowest BCUT2D eigenvalue weighted by Crippen LogP contribution is -2.50. The highest BCUT2D eigenvalue weighted by Gasteiger charge is 2.44. The Morgan fingerprint density at radius 1 is 1.23 bits per heavy atom. The molecule has 222 valence electrons. The van der Waals surface area contributed by atoms with E-state index in [1.165, 1.54) is 12.7 Å². The van der Waals surface area contributed by atoms with Crippen LogP contribution in [-0.2, 0) is 19.1 Å². The number of thioether (sulfide) groups is 2. The molecule has 40 heavy (non-hydrogen) atoms. The molecule has 4 atom stereocenters. The van der Waals surface area contributed by atoms with E-state index in [-0.39, 0.29) is 34.9 Å². The van der Waals surface area contributed by atoms with Crippen LogP contribution in [0.1, 0.15) is 58.9 Å². The van der Waals surface area contributed by atoms with Crippen LogP contribution in [0.5, 0.6) is 0 Å². The van der Waals surface area contributed by atoms with Crippen molar-refractivity contribution in [1.29, 1.82) is 0 Å². The molecule has 3 rings (SSSR count). The molecule has 2 saturated heterocycles. The smallest absolute Gasteiger partial charge is 0.411 e. The van der Waals surface area contributed by atoms with E-state index < -0.39 is 17.6 Å². The fraction of sp³-hybridized carbons (Fsp3) is 0.633. The highest BCUT2D eigenvalue weighted by Crippen LogP contribution is 2.40. The molecule has 0 unspecified atom stereocenters. The van der Waals surface area contributed by atoms with Gasteiger partial charge in [-0.2, -0.15) is 11.8 Å². The van der Waals surface area contributed by atoms with Gasteiger partial charge in [0.15, 0.2) is 0 Å². The van der Waals surface area contributed by atoms with Crippen molar-refractivity contribution in [2.75, 3.05) is 38.0 Å². The molecule has 8 nitrogen and oxygen atoms in total. The van der Waals surface area contributed by atoms with Crippen molar-refractivity contribution in [1.82, 2.24) is 15.1 Å². The Kier molecular flexibility index (Phi) is 11.4. The van der Waals surface area contributed by atoms with Gasteiger partial charge in [-0.05, 0) is 71.0 Å². The molecule has 1 N–H and O–H groups in total. The lowest BCUT2D eigenvalue weighted by molar-refractivity contribution is -0.145. The SMILES string of the molecule is COC(=O)[C@H](CCSC)NC(=O)[C@@H]1C[C@H](c2ccccc2)CN1C/C=C/[C@@H]1CSC(C)(C)N1C(=O)OC(C)(C)C. The van der Waals surface area contributed by atoms with Crippen molar-refractivity contribution in [2.45, 2.75) is 82.0 Å². The zero-order chi connectivity index (χ0) is 29.5. The molecular weight excluding hydrogens is 546 g/mol. The second-order valence-corrected chi connectivity index (χ2v) is 14.4. The normalized spacial score (nSPS) is 23.8. The number of benzene rings is 1. The summed E-state index contributed by atoms with van der Waals surface area (Å²) in [5.74, 6) is 1.14. The number of esters is 1. The highest BCUT2D eigenvalue weighted by atomic mass is 32.2. The Morgan fingerprint density at radius 3 is 2.55 bits per heavy atom. The predicted molar refractivity (Wildman–Crippen MR) is 164 cm³/mol. The molecular formula is C30H45N3O5S2. The van der Waals surface area contributed by atoms with Crippen molar-refractivity contribution < 1.29 is 23.9 Å². The van der Waals surface area contributed by atoms with Gasteiger partial charge in [-0.1, -0.05) is 42.5 Å². The second kappa shape index (κ2) is 14.1. The van der Waals surface area contributed by atoms with Crippen molar-refractivity contribution in [3.05, 3.63) is 48.0 Å². The minimum Gasteiger partial charge on any atom is -0.467 e. The first-order valence-electron chi connectivity index (χ1n) is 13.9. The Morgan fingerprint density at radius 2 is 1.93 bits per heavy atom. The van der Waals surface area contributed by atoms with Gasteiger partial charge in [-0.15, -0.1) is 11.8 Å². The van der Waals surface area contributed by atoms with Crippen LogP contribution in [0.4, 0.5) is 4.79 Å². The van der Waals surface area contributed by atoms with Gasteiger partial charge in [-0.25, -0.2) is 9.59 Å². The van der Waals surface area contributed by atoms with E-state index in [0.717, 1.165) is 18.1 Å². The van der Waals surface area contributed by atoms with Crippen molar-refractivity contribution in [3.63, 3.8) is 0 Å². The summed E-state index contributed by atoms with van der Waals surface area (Å²) in [5.41, 5.74) is 0.624. The first-order valence-corrected chi connectivity index (χ1v) is 16.2. The number of ether oxygens (including phenoxy) is 2. The zero-order valence-electron chi connectivity index (χ0n) is 24.8. The van der Waals surface area contributed by atoms with E-state index in [4.69, 9.17) is 9.47 Å². The van der Waals surface area contributed by atoms with Gasteiger partial charge in [0.25, 0.3) is 0 Å². The van der Waals surface area contributed by atoms with Gasteiger partial charge in [0.2, 0.25) is 5.91 Å². The van der Waals surface area contributed by atoms with Crippen LogP contribution in [0, 0.1) is 0 Å². The highest BCUT2D eigenvalue weighted by molar-refractivity contribution is 8.00. The first kappa shape index (κ1) is 32.3. The molecule has 0 spiro atoms. The number of rotatable bonds is 10. The average molecular weight is 592 g/mol. The summed E-state index contributed by atoms with van der Waals surface area (Å²) in [6.07, 6.45) is 6.95. The summed E-state index contributed by atoms with van der Waals surface area (Å²) in [5, 5.41) is 2.97. The van der Waals surface area contributed by atoms with Crippen LogP contribution < -0.4 is 5.32 Å². The monoisotopic (exact) mass is 591 g/mol. The zero-order valence-corrected chi connectivity index (χ0v) is 26.5. The van der Waals surface area contributed by atoms with Crippen LogP contribution in [-0.4, -0.2) is 94.3 Å². The third-order valence-electron chi connectivity index (χ3n) is 7.20. The number of carbonyl (C=O) groups excluding carboxylic acids is 3. The fourth-order valence-corrected chi connectivity index (χ4v) is 6.89. The molecule has 2 aliphatic rings. The second-order valence-electron chi connectivity index (χ2n) is 11.8. The molecule has 0 aliphatic carbocycles. The lowest BCUT2D eigenvalue weighted by Gasteiger charge is -2.35. The Balaban J connectivity index is 1.76. The summed E-state index contributed by atoms with van der Waals surface area (Å²) >= 11 is 3.35. The van der Waals surface area contributed by atoms with Crippen LogP contribution in [0.25, 0.3) is 0 Å². The number of likely N-dealkylation sites (tertiary alicyclic amines) is 1. The Labute approximate surface area is 248 Å². The van der Waals surface area contributed by atoms with Gasteiger partial charge in [0, 0.05) is 18.8 Å². The molecule has 0 radical (unpaired) electrons. The largest absolute Gasteiger partial charge is 0.467 e. The third kappa shape index (κ3) is 8.66. The molecule has 2 aliphatic heterocycles. The van der Waals surface area contributed by atoms with Gasteiger partial charge < -0.3 is 14.8 Å². The summed E-state index contributed by atoms with van der Waals surface area (Å²) in [7, 11) is 1.35. The molecule has 0 aromatic heterocycles. The minimum atomic E-state index is -0.668. The Bertz CT molecular complexity index is 1040. The molecule has 2 fully saturated rings. The molecule has 0 bridgehead atoms. The maximum atomic E-state index is 13.5. The van der Waals surface area contributed by atoms with Crippen molar-refractivity contribution in [2.24, 2.45) is 0 Å². The average Bonchev–Trinajstić information content (AvgIpc) is 3.45. The number of hydrogen-bond acceptors (Lipinski definition) is 8. The molecule has 2 amide bonds. The van der Waals surface area contributed by atoms with Gasteiger partial charge in [0.1, 0.15) is 11.6 Å². The summed E-state index contributed by atoms with van der Waals surface area (Å²) < 4.78 is 10.7. The van der Waals surface area contributed by atoms with E-state index in [9.17, 15) is 14.4 Å². The van der Waals surface area contributed by atoms with Crippen LogP contribution in [0.15, 0.2) is 42.5 Å². The topological polar surface area (TPSA) is 88.2 Å². The summed E-state index contributed by atoms with van der Waals surface area (Å²) in [6, 6.07) is 9.08. The van der Waals surface area contributed by atoms with E-state index in [1.54, 1.807) is 23.5 Å². The van der Waals surface area contributed by atoms with Crippen LogP contribution in [0.3, 0.4) is 0 Å².